The maximum atomic E-state index is 12.8. The van der Waals surface area contributed by atoms with Gasteiger partial charge in [-0.3, -0.25) is 4.90 Å². The molecule has 0 aromatic heterocycles. The van der Waals surface area contributed by atoms with E-state index < -0.39 is 30.4 Å². The second kappa shape index (κ2) is 10.0. The molecule has 1 saturated heterocycles. The third-order valence-electron chi connectivity index (χ3n) is 4.84. The first-order chi connectivity index (χ1) is 14.1. The molecule has 3 atom stereocenters. The number of hydrogen-bond acceptors (Lipinski definition) is 6. The van der Waals surface area contributed by atoms with Crippen molar-refractivity contribution in [1.82, 2.24) is 4.90 Å². The molecule has 2 aromatic rings. The van der Waals surface area contributed by atoms with Crippen LogP contribution in [0.5, 0.6) is 0 Å². The Morgan fingerprint density at radius 3 is 1.93 bits per heavy atom. The van der Waals surface area contributed by atoms with Gasteiger partial charge < -0.3 is 18.9 Å². The molecule has 7 heteroatoms. The molecule has 0 spiro atoms. The minimum atomic E-state index is -0.850. The number of likely N-dealkylation sites (tertiary alicyclic amines) is 1. The minimum absolute atomic E-state index is 0.0933. The summed E-state index contributed by atoms with van der Waals surface area (Å²) in [5.74, 6) is -0.521. The molecule has 0 unspecified atom stereocenters. The lowest BCUT2D eigenvalue weighted by molar-refractivity contribution is -0.152. The number of esters is 1. The summed E-state index contributed by atoms with van der Waals surface area (Å²) in [7, 11) is 2.98. The third-order valence-corrected chi connectivity index (χ3v) is 4.84. The summed E-state index contributed by atoms with van der Waals surface area (Å²) in [5, 5.41) is 0. The van der Waals surface area contributed by atoms with Crippen LogP contribution in [0.25, 0.3) is 0 Å². The quantitative estimate of drug-likeness (QED) is 0.666. The van der Waals surface area contributed by atoms with Crippen molar-refractivity contribution in [3.8, 4) is 0 Å². The second-order valence-corrected chi connectivity index (χ2v) is 6.69. The normalized spacial score (nSPS) is 21.0. The highest BCUT2D eigenvalue weighted by Crippen LogP contribution is 2.29. The highest BCUT2D eigenvalue weighted by molar-refractivity contribution is 5.82. The first kappa shape index (κ1) is 20.8. The van der Waals surface area contributed by atoms with Crippen LogP contribution in [0.1, 0.15) is 17.5 Å². The Morgan fingerprint density at radius 1 is 0.862 bits per heavy atom. The maximum absolute atomic E-state index is 12.8. The van der Waals surface area contributed by atoms with E-state index in [1.807, 2.05) is 60.7 Å². The molecule has 1 amide bonds. The Hall–Kier alpha value is -2.90. The highest BCUT2D eigenvalue weighted by atomic mass is 16.6. The van der Waals surface area contributed by atoms with Crippen LogP contribution in [-0.2, 0) is 37.0 Å². The van der Waals surface area contributed by atoms with Crippen molar-refractivity contribution < 1.29 is 28.5 Å². The standard InChI is InChI=1S/C22H25NO6/c1-26-19-13-18(21(24)28-14-16-9-5-3-6-10-16)23(20(19)27-2)22(25)29-15-17-11-7-4-8-12-17/h3-12,18-20H,13-15H2,1-2H3/t18-,19-,20-/m0/s1. The number of amides is 1. The maximum Gasteiger partial charge on any atom is 0.413 e. The smallest absolute Gasteiger partial charge is 0.413 e. The predicted octanol–water partition coefficient (Wildman–Crippen LogP) is 3.13. The number of nitrogens with zero attached hydrogens (tertiary/aromatic N) is 1. The lowest BCUT2D eigenvalue weighted by Crippen LogP contribution is -2.47. The van der Waals surface area contributed by atoms with E-state index in [9.17, 15) is 9.59 Å². The van der Waals surface area contributed by atoms with Gasteiger partial charge in [-0.2, -0.15) is 0 Å². The predicted molar refractivity (Wildman–Crippen MR) is 105 cm³/mol. The van der Waals surface area contributed by atoms with Gasteiger partial charge in [0.15, 0.2) is 6.23 Å². The van der Waals surface area contributed by atoms with E-state index >= 15 is 0 Å². The van der Waals surface area contributed by atoms with Crippen LogP contribution < -0.4 is 0 Å². The molecule has 1 aliphatic rings. The van der Waals surface area contributed by atoms with Gasteiger partial charge in [-0.1, -0.05) is 60.7 Å². The number of hydrogen-bond donors (Lipinski definition) is 0. The summed E-state index contributed by atoms with van der Waals surface area (Å²) in [5.41, 5.74) is 1.71. The summed E-state index contributed by atoms with van der Waals surface area (Å²) in [4.78, 5) is 26.8. The fourth-order valence-corrected chi connectivity index (χ4v) is 3.34. The third kappa shape index (κ3) is 5.13. The van der Waals surface area contributed by atoms with Crippen LogP contribution >= 0.6 is 0 Å². The molecule has 7 nitrogen and oxygen atoms in total. The second-order valence-electron chi connectivity index (χ2n) is 6.69. The monoisotopic (exact) mass is 399 g/mol. The summed E-state index contributed by atoms with van der Waals surface area (Å²) in [6, 6.07) is 17.8. The molecule has 2 aromatic carbocycles. The van der Waals surface area contributed by atoms with Crippen LogP contribution in [0.15, 0.2) is 60.7 Å². The SMILES string of the molecule is CO[C@H]1C[C@@H](C(=O)OCc2ccccc2)N(C(=O)OCc2ccccc2)[C@H]1OC. The summed E-state index contributed by atoms with van der Waals surface area (Å²) < 4.78 is 21.7. The van der Waals surface area contributed by atoms with E-state index in [1.165, 1.54) is 19.1 Å². The van der Waals surface area contributed by atoms with E-state index in [0.29, 0.717) is 0 Å². The Kier molecular flexibility index (Phi) is 7.21. The molecule has 154 valence electrons. The Labute approximate surface area is 170 Å². The molecule has 1 heterocycles. The fraction of sp³-hybridized carbons (Fsp3) is 0.364. The Bertz CT molecular complexity index is 797. The van der Waals surface area contributed by atoms with Gasteiger partial charge in [-0.15, -0.1) is 0 Å². The number of rotatable bonds is 7. The number of ether oxygens (including phenoxy) is 4. The van der Waals surface area contributed by atoms with Crippen LogP contribution in [-0.4, -0.2) is 49.6 Å². The van der Waals surface area contributed by atoms with E-state index in [-0.39, 0.29) is 19.6 Å². The van der Waals surface area contributed by atoms with Crippen LogP contribution in [0, 0.1) is 0 Å². The molecule has 1 fully saturated rings. The van der Waals surface area contributed by atoms with E-state index in [1.54, 1.807) is 0 Å². The van der Waals surface area contributed by atoms with E-state index in [4.69, 9.17) is 18.9 Å². The van der Waals surface area contributed by atoms with Gasteiger partial charge in [0.25, 0.3) is 0 Å². The molecule has 0 radical (unpaired) electrons. The molecule has 1 aliphatic heterocycles. The number of benzene rings is 2. The highest BCUT2D eigenvalue weighted by Gasteiger charge is 2.49. The Balaban J connectivity index is 1.69. The van der Waals surface area contributed by atoms with Crippen LogP contribution in [0.4, 0.5) is 4.79 Å². The molecular weight excluding hydrogens is 374 g/mol. The average Bonchev–Trinajstić information content (AvgIpc) is 3.16. The molecule has 0 aliphatic carbocycles. The molecule has 29 heavy (non-hydrogen) atoms. The number of carbonyl (C=O) groups excluding carboxylic acids is 2. The zero-order chi connectivity index (χ0) is 20.6. The summed E-state index contributed by atoms with van der Waals surface area (Å²) in [6.07, 6.45) is -1.58. The first-order valence-electron chi connectivity index (χ1n) is 9.39. The van der Waals surface area contributed by atoms with Gasteiger partial charge in [-0.05, 0) is 11.1 Å². The van der Waals surface area contributed by atoms with E-state index in [2.05, 4.69) is 0 Å². The first-order valence-corrected chi connectivity index (χ1v) is 9.39. The van der Waals surface area contributed by atoms with Crippen molar-refractivity contribution in [2.24, 2.45) is 0 Å². The zero-order valence-corrected chi connectivity index (χ0v) is 16.5. The fourth-order valence-electron chi connectivity index (χ4n) is 3.34. The van der Waals surface area contributed by atoms with Crippen molar-refractivity contribution >= 4 is 12.1 Å². The molecule has 0 saturated carbocycles. The minimum Gasteiger partial charge on any atom is -0.459 e. The lowest BCUT2D eigenvalue weighted by atomic mass is 10.2. The molecule has 3 rings (SSSR count). The van der Waals surface area contributed by atoms with Gasteiger partial charge in [-0.25, -0.2) is 9.59 Å². The van der Waals surface area contributed by atoms with E-state index in [0.717, 1.165) is 11.1 Å². The summed E-state index contributed by atoms with van der Waals surface area (Å²) >= 11 is 0. The van der Waals surface area contributed by atoms with Gasteiger partial charge >= 0.3 is 12.1 Å². The van der Waals surface area contributed by atoms with Crippen LogP contribution in [0.2, 0.25) is 0 Å². The van der Waals surface area contributed by atoms with Gasteiger partial charge in [0.1, 0.15) is 25.4 Å². The van der Waals surface area contributed by atoms with Crippen molar-refractivity contribution in [2.45, 2.75) is 38.0 Å². The van der Waals surface area contributed by atoms with Gasteiger partial charge in [0.05, 0.1) is 0 Å². The van der Waals surface area contributed by atoms with Crippen molar-refractivity contribution in [2.75, 3.05) is 14.2 Å². The van der Waals surface area contributed by atoms with Crippen molar-refractivity contribution in [1.29, 1.82) is 0 Å². The molecule has 0 bridgehead atoms. The summed E-state index contributed by atoms with van der Waals surface area (Å²) in [6.45, 7) is 0.217. The van der Waals surface area contributed by atoms with Crippen molar-refractivity contribution in [3.63, 3.8) is 0 Å². The molecule has 0 N–H and O–H groups in total. The van der Waals surface area contributed by atoms with Gasteiger partial charge in [0, 0.05) is 20.6 Å². The molecular formula is C22H25NO6. The van der Waals surface area contributed by atoms with Crippen LogP contribution in [0.3, 0.4) is 0 Å². The topological polar surface area (TPSA) is 74.3 Å². The lowest BCUT2D eigenvalue weighted by Gasteiger charge is -2.28. The Morgan fingerprint density at radius 2 is 1.41 bits per heavy atom. The average molecular weight is 399 g/mol. The largest absolute Gasteiger partial charge is 0.459 e. The van der Waals surface area contributed by atoms with Crippen molar-refractivity contribution in [3.05, 3.63) is 71.8 Å². The number of carbonyl (C=O) groups is 2. The zero-order valence-electron chi connectivity index (χ0n) is 16.5. The van der Waals surface area contributed by atoms with Gasteiger partial charge in [0.2, 0.25) is 0 Å². The number of methoxy groups -OCH3 is 2.